The van der Waals surface area contributed by atoms with E-state index in [0.29, 0.717) is 12.5 Å². The minimum Gasteiger partial charge on any atom is -0.480 e. The highest BCUT2D eigenvalue weighted by Gasteiger charge is 2.27. The van der Waals surface area contributed by atoms with E-state index in [1.165, 1.54) is 12.8 Å². The molecule has 0 aromatic carbocycles. The average Bonchev–Trinajstić information content (AvgIpc) is 3.08. The second-order valence-electron chi connectivity index (χ2n) is 5.87. The maximum absolute atomic E-state index is 10.9. The van der Waals surface area contributed by atoms with Gasteiger partial charge in [0.05, 0.1) is 6.04 Å². The summed E-state index contributed by atoms with van der Waals surface area (Å²) in [5, 5.41) is 21.8. The molecule has 1 aromatic rings. The molecule has 7 nitrogen and oxygen atoms in total. The summed E-state index contributed by atoms with van der Waals surface area (Å²) in [4.78, 5) is 10.9. The Bertz CT molecular complexity index is 471. The number of carbonyl (C=O) groups is 1. The number of tetrazole rings is 1. The number of nitrogens with zero attached hydrogens (tertiary/aromatic N) is 4. The molecule has 3 N–H and O–H groups in total. The number of nitrogens with two attached hydrogens (primary N) is 1. The van der Waals surface area contributed by atoms with Gasteiger partial charge in [-0.05, 0) is 43.0 Å². The van der Waals surface area contributed by atoms with Gasteiger partial charge >= 0.3 is 5.97 Å². The van der Waals surface area contributed by atoms with Gasteiger partial charge in [0.1, 0.15) is 5.54 Å². The second-order valence-corrected chi connectivity index (χ2v) is 6.93. The Hall–Kier alpha value is -1.15. The Kier molecular flexibility index (Phi) is 5.58. The fourth-order valence-electron chi connectivity index (χ4n) is 2.52. The van der Waals surface area contributed by atoms with Gasteiger partial charge in [0.25, 0.3) is 0 Å². The lowest BCUT2D eigenvalue weighted by molar-refractivity contribution is -0.142. The SMILES string of the molecule is CC(N)(CCCCSc1nnnn1C1CCCC1)C(=O)O. The van der Waals surface area contributed by atoms with E-state index in [1.807, 2.05) is 4.68 Å². The number of hydrogen-bond donors (Lipinski definition) is 2. The molecule has 0 aliphatic heterocycles. The first-order valence-corrected chi connectivity index (χ1v) is 8.42. The summed E-state index contributed by atoms with van der Waals surface area (Å²) >= 11 is 1.64. The molecule has 0 amide bonds. The summed E-state index contributed by atoms with van der Waals surface area (Å²) in [6, 6.07) is 0.446. The summed E-state index contributed by atoms with van der Waals surface area (Å²) in [5.41, 5.74) is 4.57. The second kappa shape index (κ2) is 7.22. The van der Waals surface area contributed by atoms with Crippen LogP contribution in [0.3, 0.4) is 0 Å². The number of carboxylic acid groups (broad SMARTS) is 1. The predicted molar refractivity (Wildman–Crippen MR) is 80.1 cm³/mol. The normalized spacial score (nSPS) is 18.8. The summed E-state index contributed by atoms with van der Waals surface area (Å²) in [5.74, 6) is -0.0664. The first-order chi connectivity index (χ1) is 10.0. The van der Waals surface area contributed by atoms with Gasteiger partial charge < -0.3 is 10.8 Å². The number of unbranched alkanes of at least 4 members (excludes halogenated alkanes) is 1. The van der Waals surface area contributed by atoms with Crippen LogP contribution in [-0.2, 0) is 4.79 Å². The van der Waals surface area contributed by atoms with E-state index >= 15 is 0 Å². The highest BCUT2D eigenvalue weighted by Crippen LogP contribution is 2.31. The van der Waals surface area contributed by atoms with Gasteiger partial charge in [-0.2, -0.15) is 0 Å². The molecule has 1 heterocycles. The maximum atomic E-state index is 10.9. The zero-order valence-corrected chi connectivity index (χ0v) is 13.2. The van der Waals surface area contributed by atoms with E-state index in [0.717, 1.165) is 36.6 Å². The van der Waals surface area contributed by atoms with Crippen molar-refractivity contribution in [2.75, 3.05) is 5.75 Å². The molecule has 1 aliphatic carbocycles. The average molecular weight is 313 g/mol. The van der Waals surface area contributed by atoms with Crippen LogP contribution in [0.15, 0.2) is 5.16 Å². The summed E-state index contributed by atoms with van der Waals surface area (Å²) in [7, 11) is 0. The van der Waals surface area contributed by atoms with Crippen LogP contribution in [0, 0.1) is 0 Å². The van der Waals surface area contributed by atoms with Gasteiger partial charge in [0.2, 0.25) is 5.16 Å². The van der Waals surface area contributed by atoms with Gasteiger partial charge in [-0.25, -0.2) is 4.68 Å². The minimum absolute atomic E-state index is 0.446. The fraction of sp³-hybridized carbons (Fsp3) is 0.846. The molecule has 0 bridgehead atoms. The van der Waals surface area contributed by atoms with Crippen LogP contribution in [0.1, 0.15) is 57.9 Å². The van der Waals surface area contributed by atoms with Crippen molar-refractivity contribution in [3.8, 4) is 0 Å². The minimum atomic E-state index is -1.13. The summed E-state index contributed by atoms with van der Waals surface area (Å²) < 4.78 is 1.95. The standard InChI is InChI=1S/C13H23N5O2S/c1-13(14,11(19)20)8-4-5-9-21-12-15-16-17-18(12)10-6-2-3-7-10/h10H,2-9,14H2,1H3,(H,19,20). The molecule has 1 aliphatic rings. The Balaban J connectivity index is 1.72. The van der Waals surface area contributed by atoms with Crippen molar-refractivity contribution in [2.24, 2.45) is 5.73 Å². The van der Waals surface area contributed by atoms with E-state index in [-0.39, 0.29) is 0 Å². The third-order valence-corrected chi connectivity index (χ3v) is 4.96. The molecule has 8 heteroatoms. The number of aliphatic carboxylic acids is 1. The molecule has 1 fully saturated rings. The zero-order valence-electron chi connectivity index (χ0n) is 12.4. The molecule has 0 saturated heterocycles. The highest BCUT2D eigenvalue weighted by molar-refractivity contribution is 7.99. The van der Waals surface area contributed by atoms with E-state index in [2.05, 4.69) is 15.5 Å². The third kappa shape index (κ3) is 4.41. The van der Waals surface area contributed by atoms with E-state index in [1.54, 1.807) is 18.7 Å². The number of rotatable bonds is 8. The van der Waals surface area contributed by atoms with Crippen molar-refractivity contribution < 1.29 is 9.90 Å². The molecule has 1 aromatic heterocycles. The van der Waals surface area contributed by atoms with Gasteiger partial charge in [-0.3, -0.25) is 4.79 Å². The molecule has 2 rings (SSSR count). The first kappa shape index (κ1) is 16.2. The molecule has 0 spiro atoms. The molecule has 1 saturated carbocycles. The number of aromatic nitrogens is 4. The van der Waals surface area contributed by atoms with E-state index < -0.39 is 11.5 Å². The van der Waals surface area contributed by atoms with Gasteiger partial charge in [-0.15, -0.1) is 5.10 Å². The van der Waals surface area contributed by atoms with Crippen LogP contribution in [0.5, 0.6) is 0 Å². The molecular weight excluding hydrogens is 290 g/mol. The van der Waals surface area contributed by atoms with Crippen molar-refractivity contribution in [1.82, 2.24) is 20.2 Å². The van der Waals surface area contributed by atoms with Crippen molar-refractivity contribution in [3.63, 3.8) is 0 Å². The maximum Gasteiger partial charge on any atom is 0.323 e. The number of hydrogen-bond acceptors (Lipinski definition) is 6. The molecular formula is C13H23N5O2S. The number of thioether (sulfide) groups is 1. The van der Waals surface area contributed by atoms with Gasteiger partial charge in [-0.1, -0.05) is 31.0 Å². The van der Waals surface area contributed by atoms with Crippen molar-refractivity contribution in [2.45, 2.75) is 68.6 Å². The number of carboxylic acids is 1. The predicted octanol–water partition coefficient (Wildman–Crippen LogP) is 1.85. The Morgan fingerprint density at radius 2 is 2.19 bits per heavy atom. The Morgan fingerprint density at radius 1 is 1.48 bits per heavy atom. The molecule has 1 unspecified atom stereocenters. The van der Waals surface area contributed by atoms with E-state index in [9.17, 15) is 4.79 Å². The van der Waals surface area contributed by atoms with Crippen molar-refractivity contribution in [1.29, 1.82) is 0 Å². The first-order valence-electron chi connectivity index (χ1n) is 7.43. The van der Waals surface area contributed by atoms with Gasteiger partial charge in [0.15, 0.2) is 0 Å². The molecule has 1 atom stereocenters. The molecule has 0 radical (unpaired) electrons. The van der Waals surface area contributed by atoms with Crippen LogP contribution >= 0.6 is 11.8 Å². The summed E-state index contributed by atoms with van der Waals surface area (Å²) in [6.45, 7) is 1.56. The van der Waals surface area contributed by atoms with Crippen LogP contribution in [0.4, 0.5) is 0 Å². The van der Waals surface area contributed by atoms with Crippen LogP contribution in [0.2, 0.25) is 0 Å². The van der Waals surface area contributed by atoms with Crippen LogP contribution < -0.4 is 5.73 Å². The van der Waals surface area contributed by atoms with Crippen LogP contribution in [0.25, 0.3) is 0 Å². The Morgan fingerprint density at radius 3 is 2.86 bits per heavy atom. The highest BCUT2D eigenvalue weighted by atomic mass is 32.2. The topological polar surface area (TPSA) is 107 Å². The molecule has 21 heavy (non-hydrogen) atoms. The Labute approximate surface area is 128 Å². The fourth-order valence-corrected chi connectivity index (χ4v) is 3.47. The summed E-state index contributed by atoms with van der Waals surface area (Å²) in [6.07, 6.45) is 6.99. The van der Waals surface area contributed by atoms with Crippen LogP contribution in [-0.4, -0.2) is 42.6 Å². The smallest absolute Gasteiger partial charge is 0.323 e. The lowest BCUT2D eigenvalue weighted by Gasteiger charge is -2.18. The monoisotopic (exact) mass is 313 g/mol. The lowest BCUT2D eigenvalue weighted by atomic mass is 9.97. The zero-order chi connectivity index (χ0) is 15.3. The van der Waals surface area contributed by atoms with Crippen molar-refractivity contribution in [3.05, 3.63) is 0 Å². The van der Waals surface area contributed by atoms with E-state index in [4.69, 9.17) is 10.8 Å². The van der Waals surface area contributed by atoms with Gasteiger partial charge in [0, 0.05) is 5.75 Å². The lowest BCUT2D eigenvalue weighted by Crippen LogP contribution is -2.44. The largest absolute Gasteiger partial charge is 0.480 e. The van der Waals surface area contributed by atoms with Crippen molar-refractivity contribution >= 4 is 17.7 Å². The quantitative estimate of drug-likeness (QED) is 0.557. The third-order valence-electron chi connectivity index (χ3n) is 3.94. The molecule has 118 valence electrons.